The standard InChI is InChI=1S/C16H21BrN4/c1-12(2)19-9-13-8-14(17)10-20-16(13)21(3)11-15-6-4-5-7-18-15/h4-8,10,12,19H,9,11H2,1-3H3. The molecule has 2 aromatic rings. The normalized spacial score (nSPS) is 10.9. The largest absolute Gasteiger partial charge is 0.354 e. The molecule has 0 amide bonds. The van der Waals surface area contributed by atoms with Crippen LogP contribution in [0, 0.1) is 0 Å². The highest BCUT2D eigenvalue weighted by atomic mass is 79.9. The Kier molecular flexibility index (Phi) is 5.70. The minimum atomic E-state index is 0.443. The molecule has 0 aromatic carbocycles. The summed E-state index contributed by atoms with van der Waals surface area (Å²) in [6.45, 7) is 5.82. The second-order valence-electron chi connectivity index (χ2n) is 5.35. The first-order chi connectivity index (χ1) is 10.1. The number of rotatable bonds is 6. The van der Waals surface area contributed by atoms with Gasteiger partial charge >= 0.3 is 0 Å². The number of hydrogen-bond donors (Lipinski definition) is 1. The molecule has 0 atom stereocenters. The molecule has 2 heterocycles. The number of aromatic nitrogens is 2. The van der Waals surface area contributed by atoms with Crippen molar-refractivity contribution in [3.63, 3.8) is 0 Å². The van der Waals surface area contributed by atoms with E-state index in [4.69, 9.17) is 0 Å². The van der Waals surface area contributed by atoms with Crippen LogP contribution in [-0.4, -0.2) is 23.1 Å². The molecular weight excluding hydrogens is 328 g/mol. The van der Waals surface area contributed by atoms with Gasteiger partial charge in [0.15, 0.2) is 0 Å². The van der Waals surface area contributed by atoms with E-state index in [9.17, 15) is 0 Å². The summed E-state index contributed by atoms with van der Waals surface area (Å²) in [4.78, 5) is 11.1. The van der Waals surface area contributed by atoms with E-state index in [0.717, 1.165) is 29.1 Å². The van der Waals surface area contributed by atoms with Gasteiger partial charge in [-0.2, -0.15) is 0 Å². The highest BCUT2D eigenvalue weighted by Crippen LogP contribution is 2.22. The van der Waals surface area contributed by atoms with Crippen LogP contribution in [0.25, 0.3) is 0 Å². The van der Waals surface area contributed by atoms with Crippen molar-refractivity contribution in [3.8, 4) is 0 Å². The Morgan fingerprint density at radius 2 is 2.10 bits per heavy atom. The highest BCUT2D eigenvalue weighted by molar-refractivity contribution is 9.10. The second-order valence-corrected chi connectivity index (χ2v) is 6.26. The molecule has 0 saturated carbocycles. The Morgan fingerprint density at radius 3 is 2.76 bits per heavy atom. The first kappa shape index (κ1) is 15.9. The van der Waals surface area contributed by atoms with Crippen LogP contribution in [0.3, 0.4) is 0 Å². The van der Waals surface area contributed by atoms with Crippen LogP contribution in [0.2, 0.25) is 0 Å². The SMILES string of the molecule is CC(C)NCc1cc(Br)cnc1N(C)Cc1ccccn1. The van der Waals surface area contributed by atoms with Crippen molar-refractivity contribution in [2.75, 3.05) is 11.9 Å². The second kappa shape index (κ2) is 7.52. The Morgan fingerprint density at radius 1 is 1.29 bits per heavy atom. The van der Waals surface area contributed by atoms with E-state index in [0.29, 0.717) is 6.04 Å². The third-order valence-electron chi connectivity index (χ3n) is 3.10. The molecule has 2 rings (SSSR count). The molecule has 1 N–H and O–H groups in total. The van der Waals surface area contributed by atoms with Crippen molar-refractivity contribution in [2.24, 2.45) is 0 Å². The summed E-state index contributed by atoms with van der Waals surface area (Å²) in [6, 6.07) is 8.53. The molecule has 0 radical (unpaired) electrons. The van der Waals surface area contributed by atoms with E-state index in [2.05, 4.69) is 56.0 Å². The maximum absolute atomic E-state index is 4.56. The number of hydrogen-bond acceptors (Lipinski definition) is 4. The van der Waals surface area contributed by atoms with E-state index in [1.54, 1.807) is 0 Å². The average Bonchev–Trinajstić information content (AvgIpc) is 2.46. The van der Waals surface area contributed by atoms with Crippen molar-refractivity contribution < 1.29 is 0 Å². The molecule has 21 heavy (non-hydrogen) atoms. The lowest BCUT2D eigenvalue weighted by molar-refractivity contribution is 0.587. The molecule has 0 aliphatic heterocycles. The number of halogens is 1. The molecule has 0 bridgehead atoms. The third-order valence-corrected chi connectivity index (χ3v) is 3.53. The number of nitrogens with one attached hydrogen (secondary N) is 1. The number of pyridine rings is 2. The summed E-state index contributed by atoms with van der Waals surface area (Å²) in [5.41, 5.74) is 2.21. The fourth-order valence-corrected chi connectivity index (χ4v) is 2.45. The van der Waals surface area contributed by atoms with Gasteiger partial charge in [-0.15, -0.1) is 0 Å². The van der Waals surface area contributed by atoms with Crippen LogP contribution in [0.1, 0.15) is 25.1 Å². The minimum absolute atomic E-state index is 0.443. The molecule has 4 nitrogen and oxygen atoms in total. The van der Waals surface area contributed by atoms with Gasteiger partial charge in [-0.1, -0.05) is 19.9 Å². The van der Waals surface area contributed by atoms with E-state index in [-0.39, 0.29) is 0 Å². The van der Waals surface area contributed by atoms with Gasteiger partial charge in [0.25, 0.3) is 0 Å². The lowest BCUT2D eigenvalue weighted by atomic mass is 10.2. The molecule has 112 valence electrons. The summed E-state index contributed by atoms with van der Waals surface area (Å²) in [7, 11) is 2.05. The summed E-state index contributed by atoms with van der Waals surface area (Å²) in [5, 5.41) is 3.45. The zero-order chi connectivity index (χ0) is 15.2. The number of nitrogens with zero attached hydrogens (tertiary/aromatic N) is 3. The van der Waals surface area contributed by atoms with Crippen LogP contribution in [0.15, 0.2) is 41.1 Å². The molecule has 0 fully saturated rings. The zero-order valence-electron chi connectivity index (χ0n) is 12.7. The van der Waals surface area contributed by atoms with Gasteiger partial charge in [-0.3, -0.25) is 4.98 Å². The van der Waals surface area contributed by atoms with Crippen LogP contribution in [0.5, 0.6) is 0 Å². The van der Waals surface area contributed by atoms with Crippen molar-refractivity contribution in [1.82, 2.24) is 15.3 Å². The molecule has 2 aromatic heterocycles. The molecule has 0 saturated heterocycles. The van der Waals surface area contributed by atoms with Crippen LogP contribution >= 0.6 is 15.9 Å². The van der Waals surface area contributed by atoms with Gasteiger partial charge in [0.05, 0.1) is 12.2 Å². The van der Waals surface area contributed by atoms with Gasteiger partial charge < -0.3 is 10.2 Å². The van der Waals surface area contributed by atoms with Crippen LogP contribution < -0.4 is 10.2 Å². The Labute approximate surface area is 134 Å². The summed E-state index contributed by atoms with van der Waals surface area (Å²) < 4.78 is 0.998. The van der Waals surface area contributed by atoms with Crippen LogP contribution in [-0.2, 0) is 13.1 Å². The molecule has 5 heteroatoms. The van der Waals surface area contributed by atoms with Gasteiger partial charge in [0.1, 0.15) is 5.82 Å². The van der Waals surface area contributed by atoms with Crippen molar-refractivity contribution >= 4 is 21.7 Å². The van der Waals surface area contributed by atoms with E-state index >= 15 is 0 Å². The van der Waals surface area contributed by atoms with Gasteiger partial charge in [0, 0.05) is 42.1 Å². The fraction of sp³-hybridized carbons (Fsp3) is 0.375. The maximum atomic E-state index is 4.56. The molecule has 0 aliphatic rings. The van der Waals surface area contributed by atoms with Gasteiger partial charge in [-0.25, -0.2) is 4.98 Å². The molecule has 0 spiro atoms. The fourth-order valence-electron chi connectivity index (χ4n) is 2.07. The van der Waals surface area contributed by atoms with Gasteiger partial charge in [-0.05, 0) is 34.1 Å². The predicted octanol–water partition coefficient (Wildman–Crippen LogP) is 3.37. The quantitative estimate of drug-likeness (QED) is 0.868. The topological polar surface area (TPSA) is 41.1 Å². The zero-order valence-corrected chi connectivity index (χ0v) is 14.3. The van der Waals surface area contributed by atoms with Crippen molar-refractivity contribution in [1.29, 1.82) is 0 Å². The lowest BCUT2D eigenvalue weighted by Gasteiger charge is -2.22. The Bertz CT molecular complexity index is 572. The van der Waals surface area contributed by atoms with Crippen LogP contribution in [0.4, 0.5) is 5.82 Å². The third kappa shape index (κ3) is 4.79. The Hall–Kier alpha value is -1.46. The smallest absolute Gasteiger partial charge is 0.133 e. The van der Waals surface area contributed by atoms with E-state index in [1.165, 1.54) is 5.56 Å². The van der Waals surface area contributed by atoms with E-state index in [1.807, 2.05) is 37.6 Å². The highest BCUT2D eigenvalue weighted by Gasteiger charge is 2.11. The molecular formula is C16H21BrN4. The van der Waals surface area contributed by atoms with Crippen molar-refractivity contribution in [2.45, 2.75) is 33.0 Å². The molecule has 0 unspecified atom stereocenters. The van der Waals surface area contributed by atoms with E-state index < -0.39 is 0 Å². The maximum Gasteiger partial charge on any atom is 0.133 e. The van der Waals surface area contributed by atoms with Crippen molar-refractivity contribution in [3.05, 3.63) is 52.4 Å². The first-order valence-electron chi connectivity index (χ1n) is 7.05. The summed E-state index contributed by atoms with van der Waals surface area (Å²) in [5.74, 6) is 0.983. The number of anilines is 1. The van der Waals surface area contributed by atoms with Gasteiger partial charge in [0.2, 0.25) is 0 Å². The first-order valence-corrected chi connectivity index (χ1v) is 7.84. The summed E-state index contributed by atoms with van der Waals surface area (Å²) in [6.07, 6.45) is 3.66. The molecule has 0 aliphatic carbocycles. The Balaban J connectivity index is 2.17. The monoisotopic (exact) mass is 348 g/mol. The summed E-state index contributed by atoms with van der Waals surface area (Å²) >= 11 is 3.50. The minimum Gasteiger partial charge on any atom is -0.354 e. The lowest BCUT2D eigenvalue weighted by Crippen LogP contribution is -2.25. The predicted molar refractivity (Wildman–Crippen MR) is 90.3 cm³/mol. The average molecular weight is 349 g/mol.